The first-order valence-corrected chi connectivity index (χ1v) is 10.1. The molecule has 0 radical (unpaired) electrons. The lowest BCUT2D eigenvalue weighted by atomic mass is 9.90. The van der Waals surface area contributed by atoms with E-state index in [4.69, 9.17) is 9.47 Å². The lowest BCUT2D eigenvalue weighted by molar-refractivity contribution is -0.384. The molecule has 1 N–H and O–H groups in total. The maximum absolute atomic E-state index is 12.5. The summed E-state index contributed by atoms with van der Waals surface area (Å²) in [5, 5.41) is 13.5. The first-order chi connectivity index (χ1) is 13.8. The summed E-state index contributed by atoms with van der Waals surface area (Å²) in [6, 6.07) is 5.71. The van der Waals surface area contributed by atoms with Gasteiger partial charge in [0.05, 0.1) is 17.7 Å². The number of amides is 1. The normalized spacial score (nSPS) is 16.4. The molecule has 0 spiro atoms. The number of rotatable bonds is 6. The summed E-state index contributed by atoms with van der Waals surface area (Å²) in [6.45, 7) is 3.64. The number of hydrogen-bond donors (Lipinski definition) is 1. The molecule has 1 heterocycles. The maximum atomic E-state index is 12.5. The molecule has 0 unspecified atom stereocenters. The number of benzene rings is 1. The summed E-state index contributed by atoms with van der Waals surface area (Å²) in [5.41, 5.74) is 1.12. The van der Waals surface area contributed by atoms with Gasteiger partial charge < -0.3 is 14.8 Å². The lowest BCUT2D eigenvalue weighted by Gasteiger charge is -2.16. The number of carbonyl (C=O) groups excluding carboxylic acids is 2. The zero-order valence-electron chi connectivity index (χ0n) is 16.4. The van der Waals surface area contributed by atoms with Gasteiger partial charge in [0.1, 0.15) is 10.6 Å². The van der Waals surface area contributed by atoms with E-state index < -0.39 is 22.9 Å². The number of carbonyl (C=O) groups is 2. The molecule has 8 nitrogen and oxygen atoms in total. The molecule has 0 aliphatic heterocycles. The van der Waals surface area contributed by atoms with Gasteiger partial charge in [-0.05, 0) is 49.8 Å². The summed E-state index contributed by atoms with van der Waals surface area (Å²) < 4.78 is 10.4. The van der Waals surface area contributed by atoms with E-state index in [9.17, 15) is 19.7 Å². The minimum Gasteiger partial charge on any atom is -0.495 e. The van der Waals surface area contributed by atoms with Gasteiger partial charge in [-0.25, -0.2) is 4.79 Å². The third kappa shape index (κ3) is 4.73. The molecule has 0 bridgehead atoms. The number of nitro benzene ring substituents is 1. The number of non-ortho nitro benzene ring substituents is 1. The van der Waals surface area contributed by atoms with Gasteiger partial charge in [0.2, 0.25) is 0 Å². The fourth-order valence-corrected chi connectivity index (χ4v) is 4.31. The molecule has 2 aromatic rings. The third-order valence-electron chi connectivity index (χ3n) is 4.84. The van der Waals surface area contributed by atoms with E-state index in [0.717, 1.165) is 19.3 Å². The molecule has 1 amide bonds. The molecule has 3 rings (SSSR count). The van der Waals surface area contributed by atoms with Crippen LogP contribution in [0.3, 0.4) is 0 Å². The quantitative estimate of drug-likeness (QED) is 0.432. The number of aryl methyl sites for hydroxylation is 1. The summed E-state index contributed by atoms with van der Waals surface area (Å²) in [6.07, 6.45) is 1.93. The van der Waals surface area contributed by atoms with Crippen molar-refractivity contribution in [2.45, 2.75) is 39.2 Å². The van der Waals surface area contributed by atoms with Crippen molar-refractivity contribution in [3.05, 3.63) is 49.7 Å². The van der Waals surface area contributed by atoms with Crippen molar-refractivity contribution < 1.29 is 24.0 Å². The van der Waals surface area contributed by atoms with Crippen LogP contribution in [0, 0.1) is 16.0 Å². The Morgan fingerprint density at radius 3 is 2.79 bits per heavy atom. The van der Waals surface area contributed by atoms with Gasteiger partial charge in [0, 0.05) is 17.0 Å². The van der Waals surface area contributed by atoms with Crippen LogP contribution in [0.25, 0.3) is 0 Å². The molecule has 2 atom stereocenters. The van der Waals surface area contributed by atoms with Gasteiger partial charge in [0.15, 0.2) is 6.10 Å². The second-order valence-corrected chi connectivity index (χ2v) is 8.22. The number of ether oxygens (including phenoxy) is 2. The Morgan fingerprint density at radius 1 is 1.34 bits per heavy atom. The Kier molecular flexibility index (Phi) is 6.17. The summed E-state index contributed by atoms with van der Waals surface area (Å²) in [7, 11) is 1.39. The van der Waals surface area contributed by atoms with Crippen LogP contribution >= 0.6 is 11.3 Å². The number of fused-ring (bicyclic) bond motifs is 1. The van der Waals surface area contributed by atoms with Crippen molar-refractivity contribution in [2.75, 3.05) is 12.4 Å². The standard InChI is InChI=1S/C20H22N2O6S/c1-11-4-7-17-13(8-11)9-18(29-17)20(24)28-12(2)19(23)21-15-10-14(22(25)26)5-6-16(15)27-3/h5-6,9-12H,4,7-8H2,1-3H3,(H,21,23)/t11-,12-/m1/s1. The van der Waals surface area contributed by atoms with Crippen molar-refractivity contribution in [2.24, 2.45) is 5.92 Å². The number of thiophene rings is 1. The smallest absolute Gasteiger partial charge is 0.349 e. The molecule has 1 aliphatic rings. The summed E-state index contributed by atoms with van der Waals surface area (Å²) >= 11 is 1.41. The number of anilines is 1. The Hall–Kier alpha value is -2.94. The number of esters is 1. The van der Waals surface area contributed by atoms with Crippen molar-refractivity contribution >= 4 is 34.6 Å². The van der Waals surface area contributed by atoms with Crippen molar-refractivity contribution in [3.63, 3.8) is 0 Å². The van der Waals surface area contributed by atoms with E-state index in [2.05, 4.69) is 12.2 Å². The molecule has 0 saturated carbocycles. The number of nitro groups is 1. The van der Waals surface area contributed by atoms with Crippen LogP contribution in [0.4, 0.5) is 11.4 Å². The zero-order valence-corrected chi connectivity index (χ0v) is 17.2. The van der Waals surface area contributed by atoms with Gasteiger partial charge in [-0.15, -0.1) is 11.3 Å². The van der Waals surface area contributed by atoms with Crippen molar-refractivity contribution in [1.82, 2.24) is 0 Å². The van der Waals surface area contributed by atoms with Crippen molar-refractivity contribution in [3.8, 4) is 5.75 Å². The second kappa shape index (κ2) is 8.60. The van der Waals surface area contributed by atoms with Crippen LogP contribution in [0.2, 0.25) is 0 Å². The molecule has 1 aliphatic carbocycles. The lowest BCUT2D eigenvalue weighted by Crippen LogP contribution is -2.30. The van der Waals surface area contributed by atoms with Gasteiger partial charge >= 0.3 is 5.97 Å². The van der Waals surface area contributed by atoms with Crippen LogP contribution in [-0.4, -0.2) is 30.0 Å². The molecule has 154 valence electrons. The molecule has 1 aromatic heterocycles. The van der Waals surface area contributed by atoms with E-state index >= 15 is 0 Å². The highest BCUT2D eigenvalue weighted by Crippen LogP contribution is 2.33. The third-order valence-corrected chi connectivity index (χ3v) is 6.05. The molecule has 0 saturated heterocycles. The van der Waals surface area contributed by atoms with Gasteiger partial charge in [-0.2, -0.15) is 0 Å². The zero-order chi connectivity index (χ0) is 21.1. The second-order valence-electron chi connectivity index (χ2n) is 7.09. The number of methoxy groups -OCH3 is 1. The minimum atomic E-state index is -1.08. The van der Waals surface area contributed by atoms with Gasteiger partial charge in [-0.1, -0.05) is 6.92 Å². The Balaban J connectivity index is 1.67. The predicted molar refractivity (Wildman–Crippen MR) is 109 cm³/mol. The number of hydrogen-bond acceptors (Lipinski definition) is 7. The maximum Gasteiger partial charge on any atom is 0.349 e. The molecular weight excluding hydrogens is 396 g/mol. The molecule has 1 aromatic carbocycles. The van der Waals surface area contributed by atoms with Gasteiger partial charge in [0.25, 0.3) is 11.6 Å². The first-order valence-electron chi connectivity index (χ1n) is 9.24. The summed E-state index contributed by atoms with van der Waals surface area (Å²) in [4.78, 5) is 37.0. The Morgan fingerprint density at radius 2 is 2.10 bits per heavy atom. The largest absolute Gasteiger partial charge is 0.495 e. The topological polar surface area (TPSA) is 108 Å². The van der Waals surface area contributed by atoms with E-state index in [1.165, 1.54) is 54.0 Å². The van der Waals surface area contributed by atoms with Crippen LogP contribution in [0.15, 0.2) is 24.3 Å². The van der Waals surface area contributed by atoms with E-state index in [-0.39, 0.29) is 17.1 Å². The van der Waals surface area contributed by atoms with E-state index in [0.29, 0.717) is 10.8 Å². The monoisotopic (exact) mass is 418 g/mol. The van der Waals surface area contributed by atoms with E-state index in [1.807, 2.05) is 6.07 Å². The average Bonchev–Trinajstić information content (AvgIpc) is 3.11. The molecular formula is C20H22N2O6S. The fourth-order valence-electron chi connectivity index (χ4n) is 3.22. The highest BCUT2D eigenvalue weighted by molar-refractivity contribution is 7.14. The van der Waals surface area contributed by atoms with Crippen LogP contribution in [-0.2, 0) is 22.4 Å². The minimum absolute atomic E-state index is 0.134. The first kappa shape index (κ1) is 20.8. The highest BCUT2D eigenvalue weighted by Gasteiger charge is 2.25. The van der Waals surface area contributed by atoms with Crippen LogP contribution in [0.1, 0.15) is 40.4 Å². The van der Waals surface area contributed by atoms with E-state index in [1.54, 1.807) is 0 Å². The Bertz CT molecular complexity index is 954. The number of nitrogens with one attached hydrogen (secondary N) is 1. The molecule has 29 heavy (non-hydrogen) atoms. The Labute approximate surface area is 172 Å². The molecule has 0 fully saturated rings. The summed E-state index contributed by atoms with van der Waals surface area (Å²) in [5.74, 6) is -0.295. The van der Waals surface area contributed by atoms with Gasteiger partial charge in [-0.3, -0.25) is 14.9 Å². The van der Waals surface area contributed by atoms with Crippen LogP contribution < -0.4 is 10.1 Å². The fraction of sp³-hybridized carbons (Fsp3) is 0.400. The van der Waals surface area contributed by atoms with Crippen LogP contribution in [0.5, 0.6) is 5.75 Å². The number of nitrogens with zero attached hydrogens (tertiary/aromatic N) is 1. The van der Waals surface area contributed by atoms with Crippen molar-refractivity contribution in [1.29, 1.82) is 0 Å². The SMILES string of the molecule is COc1ccc([N+](=O)[O-])cc1NC(=O)[C@@H](C)OC(=O)c1cc2c(s1)CC[C@@H](C)C2. The molecule has 9 heteroatoms. The average molecular weight is 418 g/mol. The highest BCUT2D eigenvalue weighted by atomic mass is 32.1. The predicted octanol–water partition coefficient (Wildman–Crippen LogP) is 3.97.